The molecule has 0 radical (unpaired) electrons. The van der Waals surface area contributed by atoms with E-state index in [1.807, 2.05) is 24.3 Å². The van der Waals surface area contributed by atoms with Gasteiger partial charge in [-0.05, 0) is 55.0 Å². The quantitative estimate of drug-likeness (QED) is 0.547. The monoisotopic (exact) mass is 449 g/mol. The average Bonchev–Trinajstić information content (AvgIpc) is 3.20. The number of halogens is 1. The highest BCUT2D eigenvalue weighted by molar-refractivity contribution is 7.89. The van der Waals surface area contributed by atoms with E-state index in [0.29, 0.717) is 10.8 Å². The molecule has 2 N–H and O–H groups in total. The molecule has 158 valence electrons. The van der Waals surface area contributed by atoms with Gasteiger partial charge in [-0.3, -0.25) is 4.79 Å². The Morgan fingerprint density at radius 2 is 1.83 bits per heavy atom. The summed E-state index contributed by atoms with van der Waals surface area (Å²) in [5.74, 6) is -0.351. The van der Waals surface area contributed by atoms with Gasteiger partial charge < -0.3 is 10.1 Å². The van der Waals surface area contributed by atoms with Crippen molar-refractivity contribution in [2.45, 2.75) is 24.3 Å². The molecule has 0 aliphatic carbocycles. The summed E-state index contributed by atoms with van der Waals surface area (Å²) in [6.45, 7) is 1.68. The molecule has 7 nitrogen and oxygen atoms in total. The number of hydrogen-bond acceptors (Lipinski definition) is 6. The van der Waals surface area contributed by atoms with Gasteiger partial charge in [-0.25, -0.2) is 17.8 Å². The second kappa shape index (κ2) is 9.33. The fraction of sp³-hybridized carbons (Fsp3) is 0.200. The molecule has 0 saturated heterocycles. The zero-order valence-corrected chi connectivity index (χ0v) is 17.9. The van der Waals surface area contributed by atoms with Crippen LogP contribution in [-0.2, 0) is 14.8 Å². The minimum Gasteiger partial charge on any atom is -0.497 e. The van der Waals surface area contributed by atoms with Crippen LogP contribution < -0.4 is 14.8 Å². The molecule has 1 unspecified atom stereocenters. The largest absolute Gasteiger partial charge is 0.497 e. The van der Waals surface area contributed by atoms with Crippen molar-refractivity contribution in [2.24, 2.45) is 0 Å². The van der Waals surface area contributed by atoms with E-state index < -0.39 is 27.8 Å². The molecule has 2 aromatic carbocycles. The van der Waals surface area contributed by atoms with Crippen LogP contribution in [0.3, 0.4) is 0 Å². The van der Waals surface area contributed by atoms with E-state index in [1.54, 1.807) is 19.4 Å². The van der Waals surface area contributed by atoms with Gasteiger partial charge in [-0.2, -0.15) is 4.72 Å². The van der Waals surface area contributed by atoms with Crippen LogP contribution in [0.15, 0.2) is 58.8 Å². The smallest absolute Gasteiger partial charge is 0.244 e. The molecule has 3 rings (SSSR count). The summed E-state index contributed by atoms with van der Waals surface area (Å²) in [5.41, 5.74) is 1.54. The fourth-order valence-corrected chi connectivity index (χ4v) is 4.61. The molecule has 0 fully saturated rings. The maximum absolute atomic E-state index is 13.0. The highest BCUT2D eigenvalue weighted by Crippen LogP contribution is 2.26. The second-order valence-electron chi connectivity index (χ2n) is 6.29. The van der Waals surface area contributed by atoms with Crippen LogP contribution in [0.2, 0.25) is 0 Å². The standard InChI is InChI=1S/C20H20FN3O4S2/c1-3-17(24-30(26,27)16-10-6-14(21)7-11-16)19(25)23-20-22-18(12-29-20)13-4-8-15(28-2)9-5-13/h4-12,17,24H,3H2,1-2H3,(H,22,23,25). The number of thiazole rings is 1. The first-order valence-corrected chi connectivity index (χ1v) is 11.4. The number of ether oxygens (including phenoxy) is 1. The molecular formula is C20H20FN3O4S2. The number of aromatic nitrogens is 1. The first-order chi connectivity index (χ1) is 14.3. The van der Waals surface area contributed by atoms with E-state index in [2.05, 4.69) is 15.0 Å². The third-order valence-electron chi connectivity index (χ3n) is 4.27. The van der Waals surface area contributed by atoms with Crippen molar-refractivity contribution in [3.8, 4) is 17.0 Å². The van der Waals surface area contributed by atoms with Crippen molar-refractivity contribution in [1.29, 1.82) is 0 Å². The lowest BCUT2D eigenvalue weighted by molar-refractivity contribution is -0.117. The molecule has 0 spiro atoms. The molecule has 10 heteroatoms. The van der Waals surface area contributed by atoms with Crippen LogP contribution in [0.25, 0.3) is 11.3 Å². The summed E-state index contributed by atoms with van der Waals surface area (Å²) in [5, 5.41) is 4.79. The fourth-order valence-electron chi connectivity index (χ4n) is 2.61. The highest BCUT2D eigenvalue weighted by Gasteiger charge is 2.25. The van der Waals surface area contributed by atoms with Crippen molar-refractivity contribution in [1.82, 2.24) is 9.71 Å². The number of benzene rings is 2. The number of nitrogens with one attached hydrogen (secondary N) is 2. The van der Waals surface area contributed by atoms with E-state index in [0.717, 1.165) is 35.6 Å². The van der Waals surface area contributed by atoms with Gasteiger partial charge in [0.15, 0.2) is 5.13 Å². The van der Waals surface area contributed by atoms with Gasteiger partial charge in [0.25, 0.3) is 0 Å². The Hall–Kier alpha value is -2.82. The summed E-state index contributed by atoms with van der Waals surface area (Å²) in [6, 6.07) is 10.7. The normalized spacial score (nSPS) is 12.4. The Kier molecular flexibility index (Phi) is 6.80. The zero-order chi connectivity index (χ0) is 21.7. The van der Waals surface area contributed by atoms with Crippen LogP contribution in [0, 0.1) is 5.82 Å². The van der Waals surface area contributed by atoms with Crippen LogP contribution in [0.5, 0.6) is 5.75 Å². The molecule has 1 heterocycles. The minimum absolute atomic E-state index is 0.119. The van der Waals surface area contributed by atoms with Crippen molar-refractivity contribution >= 4 is 32.4 Å². The lowest BCUT2D eigenvalue weighted by Gasteiger charge is -2.16. The summed E-state index contributed by atoms with van der Waals surface area (Å²) in [4.78, 5) is 16.9. The van der Waals surface area contributed by atoms with Gasteiger partial charge in [-0.15, -0.1) is 11.3 Å². The lowest BCUT2D eigenvalue weighted by Crippen LogP contribution is -2.43. The maximum Gasteiger partial charge on any atom is 0.244 e. The number of carbonyl (C=O) groups excluding carboxylic acids is 1. The Morgan fingerprint density at radius 1 is 1.17 bits per heavy atom. The summed E-state index contributed by atoms with van der Waals surface area (Å²) < 4.78 is 45.5. The van der Waals surface area contributed by atoms with Crippen LogP contribution >= 0.6 is 11.3 Å². The maximum atomic E-state index is 13.0. The van der Waals surface area contributed by atoms with Crippen molar-refractivity contribution < 1.29 is 22.3 Å². The number of amides is 1. The molecule has 0 aliphatic heterocycles. The van der Waals surface area contributed by atoms with Crippen LogP contribution in [0.1, 0.15) is 13.3 Å². The van der Waals surface area contributed by atoms with E-state index in [9.17, 15) is 17.6 Å². The van der Waals surface area contributed by atoms with E-state index in [-0.39, 0.29) is 11.3 Å². The first-order valence-electron chi connectivity index (χ1n) is 9.01. The number of anilines is 1. The Bertz CT molecular complexity index is 1110. The molecule has 1 amide bonds. The molecule has 1 aromatic heterocycles. The highest BCUT2D eigenvalue weighted by atomic mass is 32.2. The number of hydrogen-bond donors (Lipinski definition) is 2. The lowest BCUT2D eigenvalue weighted by atomic mass is 10.2. The predicted octanol–water partition coefficient (Wildman–Crippen LogP) is 3.65. The molecular weight excluding hydrogens is 429 g/mol. The van der Waals surface area contributed by atoms with Gasteiger partial charge in [0.1, 0.15) is 17.6 Å². The third kappa shape index (κ3) is 5.21. The van der Waals surface area contributed by atoms with E-state index >= 15 is 0 Å². The SMILES string of the molecule is CCC(NS(=O)(=O)c1ccc(F)cc1)C(=O)Nc1nc(-c2ccc(OC)cc2)cs1. The summed E-state index contributed by atoms with van der Waals surface area (Å²) >= 11 is 1.23. The van der Waals surface area contributed by atoms with Crippen LogP contribution in [0.4, 0.5) is 9.52 Å². The van der Waals surface area contributed by atoms with Gasteiger partial charge in [0.2, 0.25) is 15.9 Å². The Balaban J connectivity index is 1.69. The predicted molar refractivity (Wildman–Crippen MR) is 114 cm³/mol. The molecule has 0 aliphatic rings. The molecule has 3 aromatic rings. The number of nitrogens with zero attached hydrogens (tertiary/aromatic N) is 1. The topological polar surface area (TPSA) is 97.4 Å². The van der Waals surface area contributed by atoms with Gasteiger partial charge >= 0.3 is 0 Å². The van der Waals surface area contributed by atoms with Crippen LogP contribution in [-0.4, -0.2) is 32.5 Å². The van der Waals surface area contributed by atoms with Crippen molar-refractivity contribution in [3.63, 3.8) is 0 Å². The summed E-state index contributed by atoms with van der Waals surface area (Å²) in [7, 11) is -2.39. The minimum atomic E-state index is -3.98. The molecule has 30 heavy (non-hydrogen) atoms. The molecule has 1 atom stereocenters. The molecule has 0 saturated carbocycles. The van der Waals surface area contributed by atoms with Gasteiger partial charge in [0, 0.05) is 10.9 Å². The molecule has 0 bridgehead atoms. The first kappa shape index (κ1) is 21.9. The zero-order valence-electron chi connectivity index (χ0n) is 16.3. The van der Waals surface area contributed by atoms with Crippen molar-refractivity contribution in [2.75, 3.05) is 12.4 Å². The Labute approximate surface area is 178 Å². The number of sulfonamides is 1. The van der Waals surface area contributed by atoms with Gasteiger partial charge in [0.05, 0.1) is 17.7 Å². The second-order valence-corrected chi connectivity index (χ2v) is 8.86. The summed E-state index contributed by atoms with van der Waals surface area (Å²) in [6.07, 6.45) is 0.225. The number of carbonyl (C=O) groups is 1. The van der Waals surface area contributed by atoms with Crippen molar-refractivity contribution in [3.05, 3.63) is 59.7 Å². The van der Waals surface area contributed by atoms with E-state index in [1.165, 1.54) is 11.3 Å². The third-order valence-corrected chi connectivity index (χ3v) is 6.51. The average molecular weight is 450 g/mol. The number of methoxy groups -OCH3 is 1. The van der Waals surface area contributed by atoms with E-state index in [4.69, 9.17) is 4.74 Å². The van der Waals surface area contributed by atoms with Gasteiger partial charge in [-0.1, -0.05) is 6.92 Å². The number of rotatable bonds is 8. The Morgan fingerprint density at radius 3 is 2.43 bits per heavy atom.